The molecule has 2 rings (SSSR count). The lowest BCUT2D eigenvalue weighted by molar-refractivity contribution is 0.491. The Hall–Kier alpha value is -1.70. The van der Waals surface area contributed by atoms with Crippen LogP contribution in [0.2, 0.25) is 5.28 Å². The van der Waals surface area contributed by atoms with E-state index in [-0.39, 0.29) is 10.2 Å². The fraction of sp³-hybridized carbons (Fsp3) is 0.375. The number of anilines is 2. The first-order valence-electron chi connectivity index (χ1n) is 7.39. The smallest absolute Gasteiger partial charge is 0.241 e. The van der Waals surface area contributed by atoms with Crippen molar-refractivity contribution in [1.82, 2.24) is 14.7 Å². The molecule has 2 aromatic rings. The van der Waals surface area contributed by atoms with E-state index < -0.39 is 15.6 Å². The third kappa shape index (κ3) is 4.66. The number of nitrogens with one attached hydrogen (secondary N) is 2. The maximum atomic E-state index is 12.6. The Morgan fingerprint density at radius 3 is 2.42 bits per heavy atom. The third-order valence-corrected chi connectivity index (χ3v) is 5.21. The molecule has 0 bridgehead atoms. The number of nitrogens with zero attached hydrogens (tertiary/aromatic N) is 2. The molecule has 0 aliphatic heterocycles. The summed E-state index contributed by atoms with van der Waals surface area (Å²) < 4.78 is 27.9. The zero-order valence-electron chi connectivity index (χ0n) is 14.3. The second-order valence-corrected chi connectivity index (χ2v) is 8.62. The van der Waals surface area contributed by atoms with Gasteiger partial charge < -0.3 is 5.32 Å². The fourth-order valence-corrected chi connectivity index (χ4v) is 3.93. The minimum atomic E-state index is -3.63. The van der Waals surface area contributed by atoms with Crippen LogP contribution in [0, 0.1) is 13.8 Å². The van der Waals surface area contributed by atoms with Gasteiger partial charge in [0, 0.05) is 23.0 Å². The van der Waals surface area contributed by atoms with Crippen molar-refractivity contribution in [3.05, 3.63) is 40.8 Å². The molecule has 6 nitrogen and oxygen atoms in total. The largest absolute Gasteiger partial charge is 0.340 e. The number of hydrogen-bond donors (Lipinski definition) is 2. The Kier molecular flexibility index (Phi) is 5.17. The van der Waals surface area contributed by atoms with Crippen LogP contribution in [0.15, 0.2) is 29.3 Å². The van der Waals surface area contributed by atoms with Crippen LogP contribution < -0.4 is 10.0 Å². The van der Waals surface area contributed by atoms with Gasteiger partial charge in [-0.15, -0.1) is 0 Å². The number of sulfonamides is 1. The molecule has 2 N–H and O–H groups in total. The molecule has 8 heteroatoms. The summed E-state index contributed by atoms with van der Waals surface area (Å²) in [5.41, 5.74) is 1.51. The Balaban J connectivity index is 2.40. The molecule has 0 spiro atoms. The highest BCUT2D eigenvalue weighted by atomic mass is 35.5. The molecule has 1 aromatic heterocycles. The van der Waals surface area contributed by atoms with Crippen LogP contribution in [0.3, 0.4) is 0 Å². The van der Waals surface area contributed by atoms with E-state index in [9.17, 15) is 8.42 Å². The van der Waals surface area contributed by atoms with Crippen LogP contribution in [0.4, 0.5) is 11.5 Å². The second kappa shape index (κ2) is 6.66. The number of halogens is 1. The quantitative estimate of drug-likeness (QED) is 0.806. The highest BCUT2D eigenvalue weighted by Crippen LogP contribution is 2.25. The maximum Gasteiger partial charge on any atom is 0.241 e. The van der Waals surface area contributed by atoms with Crippen LogP contribution in [-0.2, 0) is 10.0 Å². The Morgan fingerprint density at radius 2 is 1.79 bits per heavy atom. The van der Waals surface area contributed by atoms with Crippen molar-refractivity contribution in [3.8, 4) is 0 Å². The summed E-state index contributed by atoms with van der Waals surface area (Å²) in [4.78, 5) is 8.24. The highest BCUT2D eigenvalue weighted by molar-refractivity contribution is 7.89. The summed E-state index contributed by atoms with van der Waals surface area (Å²) >= 11 is 5.82. The fourth-order valence-electron chi connectivity index (χ4n) is 2.11. The minimum absolute atomic E-state index is 0.123. The summed E-state index contributed by atoms with van der Waals surface area (Å²) in [5.74, 6) is 0.533. The lowest BCUT2D eigenvalue weighted by Gasteiger charge is -2.21. The van der Waals surface area contributed by atoms with Gasteiger partial charge in [0.25, 0.3) is 0 Å². The van der Waals surface area contributed by atoms with Crippen molar-refractivity contribution in [3.63, 3.8) is 0 Å². The monoisotopic (exact) mass is 368 g/mol. The highest BCUT2D eigenvalue weighted by Gasteiger charge is 2.24. The van der Waals surface area contributed by atoms with Gasteiger partial charge in [0.2, 0.25) is 15.3 Å². The van der Waals surface area contributed by atoms with Crippen LogP contribution in [0.1, 0.15) is 31.9 Å². The number of rotatable bonds is 4. The molecule has 130 valence electrons. The van der Waals surface area contributed by atoms with Gasteiger partial charge in [-0.05, 0) is 63.9 Å². The molecule has 0 radical (unpaired) electrons. The van der Waals surface area contributed by atoms with E-state index in [0.717, 1.165) is 5.56 Å². The molecule has 0 saturated heterocycles. The van der Waals surface area contributed by atoms with Crippen LogP contribution >= 0.6 is 11.6 Å². The van der Waals surface area contributed by atoms with Gasteiger partial charge in [-0.3, -0.25) is 0 Å². The first-order valence-corrected chi connectivity index (χ1v) is 9.25. The first-order chi connectivity index (χ1) is 11.0. The van der Waals surface area contributed by atoms with Gasteiger partial charge in [0.15, 0.2) is 0 Å². The van der Waals surface area contributed by atoms with Gasteiger partial charge in [0.05, 0.1) is 4.90 Å². The molecule has 0 saturated carbocycles. The zero-order chi connectivity index (χ0) is 18.1. The number of aryl methyl sites for hydroxylation is 2. The summed E-state index contributed by atoms with van der Waals surface area (Å²) in [6.45, 7) is 9.00. The van der Waals surface area contributed by atoms with Gasteiger partial charge in [-0.1, -0.05) is 6.07 Å². The lowest BCUT2D eigenvalue weighted by atomic mass is 10.1. The van der Waals surface area contributed by atoms with Gasteiger partial charge in [0.1, 0.15) is 5.82 Å². The minimum Gasteiger partial charge on any atom is -0.340 e. The normalized spacial score (nSPS) is 12.2. The van der Waals surface area contributed by atoms with Crippen LogP contribution in [0.5, 0.6) is 0 Å². The molecule has 0 unspecified atom stereocenters. The standard InChI is InChI=1S/C16H21ClN4O2S/c1-10-6-7-12(19-14-11(2)9-18-15(17)20-14)8-13(10)24(22,23)21-16(3,4)5/h6-9,21H,1-5H3,(H,18,19,20). The van der Waals surface area contributed by atoms with Crippen molar-refractivity contribution in [2.45, 2.75) is 45.1 Å². The summed E-state index contributed by atoms with van der Waals surface area (Å²) in [6, 6.07) is 5.12. The molecule has 0 fully saturated rings. The molecule has 1 heterocycles. The Labute approximate surface area is 147 Å². The predicted octanol–water partition coefficient (Wildman–Crippen LogP) is 3.57. The van der Waals surface area contributed by atoms with Gasteiger partial charge in [-0.25, -0.2) is 23.1 Å². The Morgan fingerprint density at radius 1 is 1.12 bits per heavy atom. The lowest BCUT2D eigenvalue weighted by Crippen LogP contribution is -2.40. The molecule has 0 amide bonds. The number of benzene rings is 1. The molecular weight excluding hydrogens is 348 g/mol. The topological polar surface area (TPSA) is 84.0 Å². The SMILES string of the molecule is Cc1ccc(Nc2nc(Cl)ncc2C)cc1S(=O)(=O)NC(C)(C)C. The predicted molar refractivity (Wildman–Crippen MR) is 96.3 cm³/mol. The zero-order valence-corrected chi connectivity index (χ0v) is 15.9. The average Bonchev–Trinajstić information content (AvgIpc) is 2.42. The van der Waals surface area contributed by atoms with E-state index in [4.69, 9.17) is 11.6 Å². The van der Waals surface area contributed by atoms with Crippen molar-refractivity contribution >= 4 is 33.1 Å². The molecule has 24 heavy (non-hydrogen) atoms. The maximum absolute atomic E-state index is 12.6. The van der Waals surface area contributed by atoms with E-state index in [1.807, 2.05) is 6.92 Å². The Bertz CT molecular complexity index is 861. The van der Waals surface area contributed by atoms with Crippen molar-refractivity contribution in [1.29, 1.82) is 0 Å². The van der Waals surface area contributed by atoms with E-state index >= 15 is 0 Å². The molecule has 0 aliphatic rings. The van der Waals surface area contributed by atoms with E-state index in [1.54, 1.807) is 52.1 Å². The molecular formula is C16H21ClN4O2S. The van der Waals surface area contributed by atoms with Crippen LogP contribution in [0.25, 0.3) is 0 Å². The summed E-state index contributed by atoms with van der Waals surface area (Å²) in [7, 11) is -3.63. The van der Waals surface area contributed by atoms with E-state index in [2.05, 4.69) is 20.0 Å². The number of hydrogen-bond acceptors (Lipinski definition) is 5. The summed E-state index contributed by atoms with van der Waals surface area (Å²) in [5, 5.41) is 3.21. The van der Waals surface area contributed by atoms with Crippen molar-refractivity contribution < 1.29 is 8.42 Å². The van der Waals surface area contributed by atoms with Crippen molar-refractivity contribution in [2.24, 2.45) is 0 Å². The molecule has 0 atom stereocenters. The van der Waals surface area contributed by atoms with E-state index in [0.29, 0.717) is 17.1 Å². The van der Waals surface area contributed by atoms with Crippen molar-refractivity contribution in [2.75, 3.05) is 5.32 Å². The third-order valence-electron chi connectivity index (χ3n) is 3.12. The average molecular weight is 369 g/mol. The molecule has 1 aromatic carbocycles. The second-order valence-electron chi connectivity index (χ2n) is 6.63. The van der Waals surface area contributed by atoms with Gasteiger partial charge in [-0.2, -0.15) is 0 Å². The first kappa shape index (κ1) is 18.6. The van der Waals surface area contributed by atoms with Crippen LogP contribution in [-0.4, -0.2) is 23.9 Å². The van der Waals surface area contributed by atoms with E-state index in [1.165, 1.54) is 0 Å². The summed E-state index contributed by atoms with van der Waals surface area (Å²) in [6.07, 6.45) is 1.60. The molecule has 0 aliphatic carbocycles. The van der Waals surface area contributed by atoms with Gasteiger partial charge >= 0.3 is 0 Å². The number of aromatic nitrogens is 2.